The van der Waals surface area contributed by atoms with Crippen molar-refractivity contribution in [3.8, 4) is 0 Å². The summed E-state index contributed by atoms with van der Waals surface area (Å²) in [5.74, 6) is 0.0652. The summed E-state index contributed by atoms with van der Waals surface area (Å²) < 4.78 is 0. The SMILES string of the molecule is CC(C)C(C(=O)NCC(O)c1ccc(Cl)cc1Cl)N(C)C. The van der Waals surface area contributed by atoms with E-state index in [9.17, 15) is 9.90 Å². The number of nitrogens with one attached hydrogen (secondary N) is 1. The molecule has 21 heavy (non-hydrogen) atoms. The fourth-order valence-corrected chi connectivity index (χ4v) is 2.85. The molecule has 0 saturated carbocycles. The number of carbonyl (C=O) groups is 1. The monoisotopic (exact) mass is 332 g/mol. The van der Waals surface area contributed by atoms with Gasteiger partial charge in [0.15, 0.2) is 0 Å². The Hall–Kier alpha value is -0.810. The molecular weight excluding hydrogens is 311 g/mol. The van der Waals surface area contributed by atoms with Crippen molar-refractivity contribution in [1.82, 2.24) is 10.2 Å². The first-order valence-corrected chi connectivity index (χ1v) is 7.56. The molecule has 1 aromatic carbocycles. The van der Waals surface area contributed by atoms with Crippen LogP contribution < -0.4 is 5.32 Å². The van der Waals surface area contributed by atoms with E-state index in [1.165, 1.54) is 0 Å². The minimum Gasteiger partial charge on any atom is -0.387 e. The number of hydrogen-bond acceptors (Lipinski definition) is 3. The Bertz CT molecular complexity index is 485. The van der Waals surface area contributed by atoms with Crippen LogP contribution in [0.4, 0.5) is 0 Å². The summed E-state index contributed by atoms with van der Waals surface area (Å²) in [5.41, 5.74) is 0.548. The number of benzene rings is 1. The van der Waals surface area contributed by atoms with Gasteiger partial charge in [-0.05, 0) is 32.1 Å². The Morgan fingerprint density at radius 1 is 1.33 bits per heavy atom. The normalized spacial score (nSPS) is 14.3. The van der Waals surface area contributed by atoms with Crippen molar-refractivity contribution in [1.29, 1.82) is 0 Å². The van der Waals surface area contributed by atoms with E-state index in [2.05, 4.69) is 5.32 Å². The van der Waals surface area contributed by atoms with Crippen LogP contribution >= 0.6 is 23.2 Å². The molecule has 0 heterocycles. The van der Waals surface area contributed by atoms with E-state index in [-0.39, 0.29) is 24.4 Å². The number of aliphatic hydroxyl groups excluding tert-OH is 1. The molecule has 0 aliphatic heterocycles. The lowest BCUT2D eigenvalue weighted by Crippen LogP contribution is -2.47. The number of rotatable bonds is 6. The van der Waals surface area contributed by atoms with Gasteiger partial charge in [0.1, 0.15) is 0 Å². The molecule has 118 valence electrons. The summed E-state index contributed by atoms with van der Waals surface area (Å²) in [6.07, 6.45) is -0.867. The lowest BCUT2D eigenvalue weighted by Gasteiger charge is -2.27. The van der Waals surface area contributed by atoms with Gasteiger partial charge in [-0.25, -0.2) is 0 Å². The van der Waals surface area contributed by atoms with Crippen LogP contribution in [0.2, 0.25) is 10.0 Å². The third kappa shape index (κ3) is 5.15. The Balaban J connectivity index is 2.67. The number of aliphatic hydroxyl groups is 1. The first kappa shape index (κ1) is 18.2. The van der Waals surface area contributed by atoms with Gasteiger partial charge in [-0.2, -0.15) is 0 Å². The van der Waals surface area contributed by atoms with E-state index in [0.29, 0.717) is 15.6 Å². The van der Waals surface area contributed by atoms with Crippen LogP contribution in [-0.2, 0) is 4.79 Å². The zero-order chi connectivity index (χ0) is 16.2. The van der Waals surface area contributed by atoms with Crippen LogP contribution in [0, 0.1) is 5.92 Å². The van der Waals surface area contributed by atoms with Gasteiger partial charge < -0.3 is 10.4 Å². The fourth-order valence-electron chi connectivity index (χ4n) is 2.32. The van der Waals surface area contributed by atoms with Crippen molar-refractivity contribution < 1.29 is 9.90 Å². The molecule has 2 N–H and O–H groups in total. The van der Waals surface area contributed by atoms with Crippen LogP contribution in [0.1, 0.15) is 25.5 Å². The lowest BCUT2D eigenvalue weighted by atomic mass is 10.0. The van der Waals surface area contributed by atoms with Crippen molar-refractivity contribution in [2.45, 2.75) is 26.0 Å². The molecule has 1 aromatic rings. The average Bonchev–Trinajstić information content (AvgIpc) is 2.35. The summed E-state index contributed by atoms with van der Waals surface area (Å²) in [7, 11) is 3.72. The molecule has 6 heteroatoms. The molecule has 0 radical (unpaired) electrons. The highest BCUT2D eigenvalue weighted by Crippen LogP contribution is 2.26. The standard InChI is InChI=1S/C15H22Cl2N2O2/c1-9(2)14(19(3)4)15(21)18-8-13(20)11-6-5-10(16)7-12(11)17/h5-7,9,13-14,20H,8H2,1-4H3,(H,18,21). The van der Waals surface area contributed by atoms with E-state index in [4.69, 9.17) is 23.2 Å². The van der Waals surface area contributed by atoms with Crippen LogP contribution in [0.3, 0.4) is 0 Å². The van der Waals surface area contributed by atoms with Gasteiger partial charge in [-0.15, -0.1) is 0 Å². The van der Waals surface area contributed by atoms with E-state index in [0.717, 1.165) is 0 Å². The van der Waals surface area contributed by atoms with Gasteiger partial charge in [0.2, 0.25) is 5.91 Å². The van der Waals surface area contributed by atoms with Crippen molar-refractivity contribution in [3.63, 3.8) is 0 Å². The van der Waals surface area contributed by atoms with Gasteiger partial charge in [0.05, 0.1) is 12.1 Å². The highest BCUT2D eigenvalue weighted by molar-refractivity contribution is 6.35. The first-order valence-electron chi connectivity index (χ1n) is 6.81. The second-order valence-corrected chi connectivity index (χ2v) is 6.42. The van der Waals surface area contributed by atoms with Gasteiger partial charge >= 0.3 is 0 Å². The predicted molar refractivity (Wildman–Crippen MR) is 86.7 cm³/mol. The Morgan fingerprint density at radius 3 is 2.43 bits per heavy atom. The number of nitrogens with zero attached hydrogens (tertiary/aromatic N) is 1. The molecule has 1 rings (SSSR count). The molecule has 0 saturated heterocycles. The molecule has 2 unspecified atom stereocenters. The minimum atomic E-state index is -0.867. The molecule has 4 nitrogen and oxygen atoms in total. The molecular formula is C15H22Cl2N2O2. The van der Waals surface area contributed by atoms with Crippen molar-refractivity contribution in [2.75, 3.05) is 20.6 Å². The van der Waals surface area contributed by atoms with Gasteiger partial charge in [-0.1, -0.05) is 43.1 Å². The number of hydrogen-bond donors (Lipinski definition) is 2. The predicted octanol–water partition coefficient (Wildman–Crippen LogP) is 2.73. The highest BCUT2D eigenvalue weighted by Gasteiger charge is 2.24. The lowest BCUT2D eigenvalue weighted by molar-refractivity contribution is -0.127. The minimum absolute atomic E-state index is 0.108. The smallest absolute Gasteiger partial charge is 0.237 e. The quantitative estimate of drug-likeness (QED) is 0.842. The third-order valence-corrected chi connectivity index (χ3v) is 3.81. The van der Waals surface area contributed by atoms with Crippen LogP contribution in [0.5, 0.6) is 0 Å². The van der Waals surface area contributed by atoms with E-state index < -0.39 is 6.10 Å². The second-order valence-electron chi connectivity index (χ2n) is 5.58. The van der Waals surface area contributed by atoms with E-state index in [1.807, 2.05) is 32.8 Å². The van der Waals surface area contributed by atoms with Crippen molar-refractivity contribution in [3.05, 3.63) is 33.8 Å². The van der Waals surface area contributed by atoms with Gasteiger partial charge in [0, 0.05) is 22.2 Å². The molecule has 0 aliphatic carbocycles. The zero-order valence-corrected chi connectivity index (χ0v) is 14.2. The number of likely N-dealkylation sites (N-methyl/N-ethyl adjacent to an activating group) is 1. The number of carbonyl (C=O) groups excluding carboxylic acids is 1. The van der Waals surface area contributed by atoms with Crippen LogP contribution in [-0.4, -0.2) is 42.6 Å². The van der Waals surface area contributed by atoms with Gasteiger partial charge in [-0.3, -0.25) is 9.69 Å². The third-order valence-electron chi connectivity index (χ3n) is 3.25. The largest absolute Gasteiger partial charge is 0.387 e. The first-order chi connectivity index (χ1) is 9.73. The Labute approximate surface area is 136 Å². The Kier molecular flexibility index (Phi) is 6.94. The maximum atomic E-state index is 12.2. The fraction of sp³-hybridized carbons (Fsp3) is 0.533. The van der Waals surface area contributed by atoms with Gasteiger partial charge in [0.25, 0.3) is 0 Å². The molecule has 0 aromatic heterocycles. The molecule has 0 spiro atoms. The molecule has 1 amide bonds. The maximum absolute atomic E-state index is 12.2. The summed E-state index contributed by atoms with van der Waals surface area (Å²) >= 11 is 11.9. The highest BCUT2D eigenvalue weighted by atomic mass is 35.5. The average molecular weight is 333 g/mol. The molecule has 0 fully saturated rings. The zero-order valence-electron chi connectivity index (χ0n) is 12.7. The maximum Gasteiger partial charge on any atom is 0.237 e. The molecule has 0 aliphatic rings. The van der Waals surface area contributed by atoms with Crippen LogP contribution in [0.15, 0.2) is 18.2 Å². The van der Waals surface area contributed by atoms with E-state index in [1.54, 1.807) is 18.2 Å². The second kappa shape index (κ2) is 7.99. The molecule has 0 bridgehead atoms. The van der Waals surface area contributed by atoms with Crippen molar-refractivity contribution in [2.24, 2.45) is 5.92 Å². The summed E-state index contributed by atoms with van der Waals surface area (Å²) in [6, 6.07) is 4.65. The Morgan fingerprint density at radius 2 is 1.95 bits per heavy atom. The van der Waals surface area contributed by atoms with Crippen LogP contribution in [0.25, 0.3) is 0 Å². The number of amides is 1. The number of halogens is 2. The summed E-state index contributed by atoms with van der Waals surface area (Å²) in [5, 5.41) is 13.8. The van der Waals surface area contributed by atoms with E-state index >= 15 is 0 Å². The summed E-state index contributed by atoms with van der Waals surface area (Å²) in [4.78, 5) is 14.0. The molecule has 2 atom stereocenters. The topological polar surface area (TPSA) is 52.6 Å². The van der Waals surface area contributed by atoms with Crippen molar-refractivity contribution >= 4 is 29.1 Å². The summed E-state index contributed by atoms with van der Waals surface area (Å²) in [6.45, 7) is 4.07.